The summed E-state index contributed by atoms with van der Waals surface area (Å²) in [6.45, 7) is 2.99. The molecule has 1 fully saturated rings. The number of hydrogen-bond donors (Lipinski definition) is 0. The summed E-state index contributed by atoms with van der Waals surface area (Å²) in [4.78, 5) is 0.353. The maximum atomic E-state index is 12.9. The van der Waals surface area contributed by atoms with Crippen molar-refractivity contribution >= 4 is 21.6 Å². The van der Waals surface area contributed by atoms with Crippen LogP contribution in [-0.2, 0) is 16.4 Å². The van der Waals surface area contributed by atoms with Crippen molar-refractivity contribution in [1.29, 1.82) is 0 Å². The van der Waals surface area contributed by atoms with E-state index < -0.39 is 10.0 Å². The fourth-order valence-corrected chi connectivity index (χ4v) is 4.32. The summed E-state index contributed by atoms with van der Waals surface area (Å²) >= 11 is 5.81. The van der Waals surface area contributed by atoms with Crippen LogP contribution in [0.25, 0.3) is 0 Å². The third-order valence-corrected chi connectivity index (χ3v) is 5.99. The van der Waals surface area contributed by atoms with Crippen molar-refractivity contribution < 1.29 is 13.2 Å². The van der Waals surface area contributed by atoms with Gasteiger partial charge in [0.25, 0.3) is 0 Å². The molecule has 0 unspecified atom stereocenters. The maximum absolute atomic E-state index is 12.9. The van der Waals surface area contributed by atoms with E-state index in [1.807, 2.05) is 6.92 Å². The molecule has 2 rings (SSSR count). The Morgan fingerprint density at radius 3 is 2.62 bits per heavy atom. The summed E-state index contributed by atoms with van der Waals surface area (Å²) in [5.74, 6) is 1.55. The van der Waals surface area contributed by atoms with Gasteiger partial charge in [0.2, 0.25) is 10.0 Å². The molecule has 0 heterocycles. The molecule has 21 heavy (non-hydrogen) atoms. The second-order valence-corrected chi connectivity index (χ2v) is 7.60. The van der Waals surface area contributed by atoms with Crippen LogP contribution in [0, 0.1) is 5.92 Å². The van der Waals surface area contributed by atoms with E-state index in [0.717, 1.165) is 18.4 Å². The van der Waals surface area contributed by atoms with Crippen LogP contribution in [0.15, 0.2) is 23.1 Å². The van der Waals surface area contributed by atoms with Crippen molar-refractivity contribution in [2.75, 3.05) is 26.1 Å². The second-order valence-electron chi connectivity index (χ2n) is 5.31. The molecule has 0 bridgehead atoms. The highest BCUT2D eigenvalue weighted by Crippen LogP contribution is 2.32. The van der Waals surface area contributed by atoms with E-state index in [2.05, 4.69) is 0 Å². The van der Waals surface area contributed by atoms with Gasteiger partial charge in [-0.2, -0.15) is 4.31 Å². The number of nitrogens with zero attached hydrogens (tertiary/aromatic N) is 1. The number of rotatable bonds is 8. The van der Waals surface area contributed by atoms with Crippen molar-refractivity contribution in [3.05, 3.63) is 23.8 Å². The average molecular weight is 332 g/mol. The van der Waals surface area contributed by atoms with E-state index in [9.17, 15) is 8.42 Å². The molecule has 0 atom stereocenters. The van der Waals surface area contributed by atoms with Gasteiger partial charge in [-0.25, -0.2) is 8.42 Å². The van der Waals surface area contributed by atoms with Crippen LogP contribution in [0.2, 0.25) is 0 Å². The Hall–Kier alpha value is -0.780. The summed E-state index contributed by atoms with van der Waals surface area (Å²) in [6.07, 6.45) is 2.76. The van der Waals surface area contributed by atoms with E-state index in [0.29, 0.717) is 42.0 Å². The topological polar surface area (TPSA) is 46.6 Å². The Morgan fingerprint density at radius 1 is 1.38 bits per heavy atom. The maximum Gasteiger partial charge on any atom is 0.243 e. The normalized spacial score (nSPS) is 15.4. The van der Waals surface area contributed by atoms with E-state index >= 15 is 0 Å². The van der Waals surface area contributed by atoms with Crippen LogP contribution < -0.4 is 4.74 Å². The van der Waals surface area contributed by atoms with E-state index in [1.165, 1.54) is 0 Å². The van der Waals surface area contributed by atoms with Crippen molar-refractivity contribution in [2.24, 2.45) is 5.92 Å². The number of aryl methyl sites for hydroxylation is 1. The highest BCUT2D eigenvalue weighted by Gasteiger charge is 2.31. The molecular weight excluding hydrogens is 310 g/mol. The standard InChI is InChI=1S/C15H22ClNO3S/c1-3-17(11-12-4-5-12)21(18,19)15-7-6-14(20-2)10-13(15)8-9-16/h6-7,10,12H,3-5,8-9,11H2,1-2H3. The lowest BCUT2D eigenvalue weighted by atomic mass is 10.1. The first-order chi connectivity index (χ1) is 10.0. The first kappa shape index (κ1) is 16.6. The summed E-state index contributed by atoms with van der Waals surface area (Å²) in [5.41, 5.74) is 0.721. The van der Waals surface area contributed by atoms with Gasteiger partial charge < -0.3 is 4.74 Å². The summed E-state index contributed by atoms with van der Waals surface area (Å²) in [6, 6.07) is 5.08. The lowest BCUT2D eigenvalue weighted by molar-refractivity contribution is 0.408. The Labute approximate surface area is 132 Å². The molecule has 1 aliphatic rings. The molecule has 0 radical (unpaired) electrons. The van der Waals surface area contributed by atoms with E-state index in [4.69, 9.17) is 16.3 Å². The third-order valence-electron chi connectivity index (χ3n) is 3.76. The van der Waals surface area contributed by atoms with Crippen molar-refractivity contribution in [3.63, 3.8) is 0 Å². The molecule has 1 saturated carbocycles. The Morgan fingerprint density at radius 2 is 2.10 bits per heavy atom. The smallest absolute Gasteiger partial charge is 0.243 e. The number of ether oxygens (including phenoxy) is 1. The molecule has 0 aliphatic heterocycles. The van der Waals surface area contributed by atoms with Gasteiger partial charge in [0, 0.05) is 19.0 Å². The van der Waals surface area contributed by atoms with Crippen LogP contribution in [0.4, 0.5) is 0 Å². The number of hydrogen-bond acceptors (Lipinski definition) is 3. The zero-order valence-corrected chi connectivity index (χ0v) is 14.1. The van der Waals surface area contributed by atoms with Gasteiger partial charge in [0.1, 0.15) is 5.75 Å². The minimum atomic E-state index is -3.46. The van der Waals surface area contributed by atoms with Gasteiger partial charge in [-0.3, -0.25) is 0 Å². The summed E-state index contributed by atoms with van der Waals surface area (Å²) < 4.78 is 32.5. The summed E-state index contributed by atoms with van der Waals surface area (Å²) in [5, 5.41) is 0. The summed E-state index contributed by atoms with van der Waals surface area (Å²) in [7, 11) is -1.90. The molecule has 0 saturated heterocycles. The first-order valence-corrected chi connectivity index (χ1v) is 9.23. The van der Waals surface area contributed by atoms with Gasteiger partial charge in [-0.15, -0.1) is 11.6 Å². The Bertz CT molecular complexity index is 585. The lowest BCUT2D eigenvalue weighted by Crippen LogP contribution is -2.33. The average Bonchev–Trinajstić information content (AvgIpc) is 3.28. The van der Waals surface area contributed by atoms with Crippen LogP contribution in [0.5, 0.6) is 5.75 Å². The van der Waals surface area contributed by atoms with Gasteiger partial charge >= 0.3 is 0 Å². The van der Waals surface area contributed by atoms with Gasteiger partial charge in [-0.1, -0.05) is 6.92 Å². The number of benzene rings is 1. The quantitative estimate of drug-likeness (QED) is 0.688. The van der Waals surface area contributed by atoms with Crippen LogP contribution in [0.3, 0.4) is 0 Å². The number of methoxy groups -OCH3 is 1. The largest absolute Gasteiger partial charge is 0.497 e. The first-order valence-electron chi connectivity index (χ1n) is 7.26. The van der Waals surface area contributed by atoms with E-state index in [1.54, 1.807) is 29.6 Å². The highest BCUT2D eigenvalue weighted by atomic mass is 35.5. The predicted molar refractivity (Wildman–Crippen MR) is 84.6 cm³/mol. The minimum Gasteiger partial charge on any atom is -0.497 e. The fraction of sp³-hybridized carbons (Fsp3) is 0.600. The molecule has 1 aromatic rings. The zero-order chi connectivity index (χ0) is 15.5. The molecule has 6 heteroatoms. The molecule has 4 nitrogen and oxygen atoms in total. The minimum absolute atomic E-state index is 0.353. The Balaban J connectivity index is 2.36. The second kappa shape index (κ2) is 6.99. The molecule has 0 N–H and O–H groups in total. The number of alkyl halides is 1. The van der Waals surface area contributed by atoms with Crippen molar-refractivity contribution in [2.45, 2.75) is 31.1 Å². The van der Waals surface area contributed by atoms with E-state index in [-0.39, 0.29) is 0 Å². The van der Waals surface area contributed by atoms with Crippen LogP contribution >= 0.6 is 11.6 Å². The van der Waals surface area contributed by atoms with Gasteiger partial charge in [-0.05, 0) is 48.9 Å². The van der Waals surface area contributed by atoms with Crippen molar-refractivity contribution in [1.82, 2.24) is 4.31 Å². The monoisotopic (exact) mass is 331 g/mol. The molecule has 0 spiro atoms. The SMILES string of the molecule is CCN(CC1CC1)S(=O)(=O)c1ccc(OC)cc1CCCl. The third kappa shape index (κ3) is 3.90. The highest BCUT2D eigenvalue weighted by molar-refractivity contribution is 7.89. The molecule has 1 aliphatic carbocycles. The van der Waals surface area contributed by atoms with Crippen LogP contribution in [0.1, 0.15) is 25.3 Å². The molecular formula is C15H22ClNO3S. The van der Waals surface area contributed by atoms with Crippen LogP contribution in [-0.4, -0.2) is 38.8 Å². The molecule has 1 aromatic carbocycles. The number of sulfonamides is 1. The van der Waals surface area contributed by atoms with Gasteiger partial charge in [0.05, 0.1) is 12.0 Å². The predicted octanol–water partition coefficient (Wildman–Crippen LogP) is 2.90. The molecule has 0 aromatic heterocycles. The number of halogens is 1. The van der Waals surface area contributed by atoms with Gasteiger partial charge in [0.15, 0.2) is 0 Å². The lowest BCUT2D eigenvalue weighted by Gasteiger charge is -2.22. The Kier molecular flexibility index (Phi) is 5.52. The van der Waals surface area contributed by atoms with Crippen molar-refractivity contribution in [3.8, 4) is 5.75 Å². The molecule has 0 amide bonds. The zero-order valence-electron chi connectivity index (χ0n) is 12.5. The molecule has 118 valence electrons. The fourth-order valence-electron chi connectivity index (χ4n) is 2.36.